The van der Waals surface area contributed by atoms with E-state index in [4.69, 9.17) is 11.6 Å². The fraction of sp³-hybridized carbons (Fsp3) is 0.350. The molecular weight excluding hydrogens is 378 g/mol. The monoisotopic (exact) mass is 401 g/mol. The maximum absolute atomic E-state index is 6.18. The smallest absolute Gasteiger partial charge is 0.153 e. The van der Waals surface area contributed by atoms with E-state index in [-0.39, 0.29) is 0 Å². The van der Waals surface area contributed by atoms with Gasteiger partial charge in [-0.1, -0.05) is 50.1 Å². The second-order valence-corrected chi connectivity index (χ2v) is 7.65. The Labute approximate surface area is 169 Å². The van der Waals surface area contributed by atoms with Crippen molar-refractivity contribution in [1.29, 1.82) is 0 Å². The summed E-state index contributed by atoms with van der Waals surface area (Å²) in [7, 11) is 0. The van der Waals surface area contributed by atoms with Crippen LogP contribution in [0.3, 0.4) is 0 Å². The van der Waals surface area contributed by atoms with Crippen molar-refractivity contribution < 1.29 is 0 Å². The predicted molar refractivity (Wildman–Crippen MR) is 112 cm³/mol. The predicted octanol–water partition coefficient (Wildman–Crippen LogP) is 6.43. The standard InChI is InChI=1S/C18H18ClN5S.C2H6/c19-16-8-14(25-13-6-3-7-20-11-13)9-17(21-16)22-18-10-15(23-24-18)12-4-1-2-5-12;1-2/h3,6-12H,1-2,4-5H2,(H2,21,22,23,24);1-2H3. The van der Waals surface area contributed by atoms with Crippen LogP contribution in [0.5, 0.6) is 0 Å². The van der Waals surface area contributed by atoms with Gasteiger partial charge < -0.3 is 5.32 Å². The summed E-state index contributed by atoms with van der Waals surface area (Å²) < 4.78 is 0. The van der Waals surface area contributed by atoms with Gasteiger partial charge in [-0.15, -0.1) is 0 Å². The first-order valence-corrected chi connectivity index (χ1v) is 10.5. The lowest BCUT2D eigenvalue weighted by Crippen LogP contribution is -1.94. The van der Waals surface area contributed by atoms with Crippen LogP contribution in [0.4, 0.5) is 11.6 Å². The van der Waals surface area contributed by atoms with Gasteiger partial charge in [0.15, 0.2) is 5.82 Å². The second kappa shape index (κ2) is 9.76. The van der Waals surface area contributed by atoms with Gasteiger partial charge in [-0.05, 0) is 37.1 Å². The van der Waals surface area contributed by atoms with Crippen LogP contribution in [0, 0.1) is 0 Å². The molecule has 3 heterocycles. The molecule has 0 amide bonds. The van der Waals surface area contributed by atoms with Gasteiger partial charge in [0, 0.05) is 39.9 Å². The molecule has 1 fully saturated rings. The molecule has 0 saturated heterocycles. The van der Waals surface area contributed by atoms with Crippen LogP contribution in [-0.4, -0.2) is 20.2 Å². The molecule has 2 N–H and O–H groups in total. The molecule has 0 unspecified atom stereocenters. The third-order valence-corrected chi connectivity index (χ3v) is 5.43. The van der Waals surface area contributed by atoms with Crippen molar-refractivity contribution in [2.45, 2.75) is 55.2 Å². The van der Waals surface area contributed by atoms with E-state index in [9.17, 15) is 0 Å². The number of hydrogen-bond acceptors (Lipinski definition) is 5. The highest BCUT2D eigenvalue weighted by molar-refractivity contribution is 7.99. The number of aromatic nitrogens is 4. The highest BCUT2D eigenvalue weighted by atomic mass is 35.5. The van der Waals surface area contributed by atoms with Crippen LogP contribution in [0.25, 0.3) is 0 Å². The Bertz CT molecular complexity index is 847. The highest BCUT2D eigenvalue weighted by Crippen LogP contribution is 2.34. The van der Waals surface area contributed by atoms with Gasteiger partial charge in [0.05, 0.1) is 0 Å². The molecule has 0 bridgehead atoms. The lowest BCUT2D eigenvalue weighted by atomic mass is 10.0. The van der Waals surface area contributed by atoms with Crippen LogP contribution >= 0.6 is 23.4 Å². The number of halogens is 1. The fourth-order valence-electron chi connectivity index (χ4n) is 3.12. The first-order valence-electron chi connectivity index (χ1n) is 9.34. The molecule has 3 aromatic heterocycles. The minimum Gasteiger partial charge on any atom is -0.323 e. The Morgan fingerprint density at radius 2 is 1.93 bits per heavy atom. The molecule has 1 aliphatic carbocycles. The summed E-state index contributed by atoms with van der Waals surface area (Å²) in [5, 5.41) is 11.2. The third-order valence-electron chi connectivity index (χ3n) is 4.29. The van der Waals surface area contributed by atoms with Gasteiger partial charge in [0.25, 0.3) is 0 Å². The molecule has 1 saturated carbocycles. The van der Waals surface area contributed by atoms with E-state index in [1.54, 1.807) is 18.0 Å². The number of H-pyrrole nitrogens is 1. The summed E-state index contributed by atoms with van der Waals surface area (Å²) in [6.45, 7) is 4.00. The van der Waals surface area contributed by atoms with Gasteiger partial charge in [-0.3, -0.25) is 10.1 Å². The molecule has 1 aliphatic rings. The minimum atomic E-state index is 0.447. The Kier molecular flexibility index (Phi) is 7.12. The molecule has 0 aliphatic heterocycles. The van der Waals surface area contributed by atoms with Crippen LogP contribution < -0.4 is 5.32 Å². The molecule has 4 rings (SSSR count). The van der Waals surface area contributed by atoms with Gasteiger partial charge in [0.1, 0.15) is 11.0 Å². The Morgan fingerprint density at radius 1 is 1.11 bits per heavy atom. The average Bonchev–Trinajstić information content (AvgIpc) is 3.35. The van der Waals surface area contributed by atoms with Crippen molar-refractivity contribution in [2.24, 2.45) is 0 Å². The molecular formula is C20H24ClN5S. The van der Waals surface area contributed by atoms with E-state index < -0.39 is 0 Å². The van der Waals surface area contributed by atoms with Crippen molar-refractivity contribution >= 4 is 35.0 Å². The van der Waals surface area contributed by atoms with Crippen molar-refractivity contribution in [2.75, 3.05) is 5.32 Å². The van der Waals surface area contributed by atoms with Crippen molar-refractivity contribution in [3.05, 3.63) is 53.6 Å². The Morgan fingerprint density at radius 3 is 2.67 bits per heavy atom. The summed E-state index contributed by atoms with van der Waals surface area (Å²) in [5.74, 6) is 2.06. The fourth-order valence-corrected chi connectivity index (χ4v) is 4.26. The third kappa shape index (κ3) is 5.47. The van der Waals surface area contributed by atoms with Crippen molar-refractivity contribution in [3.63, 3.8) is 0 Å². The number of nitrogens with zero attached hydrogens (tertiary/aromatic N) is 3. The number of hydrogen-bond donors (Lipinski definition) is 2. The molecule has 7 heteroatoms. The molecule has 0 radical (unpaired) electrons. The second-order valence-electron chi connectivity index (χ2n) is 6.12. The number of nitrogens with one attached hydrogen (secondary N) is 2. The first-order chi connectivity index (χ1) is 13.3. The highest BCUT2D eigenvalue weighted by Gasteiger charge is 2.19. The van der Waals surface area contributed by atoms with E-state index in [2.05, 4.69) is 31.5 Å². The lowest BCUT2D eigenvalue weighted by Gasteiger charge is -2.06. The molecule has 142 valence electrons. The Balaban J connectivity index is 0.00000102. The van der Waals surface area contributed by atoms with Gasteiger partial charge in [0.2, 0.25) is 0 Å². The number of anilines is 2. The number of aromatic amines is 1. The van der Waals surface area contributed by atoms with E-state index >= 15 is 0 Å². The van der Waals surface area contributed by atoms with Gasteiger partial charge in [-0.25, -0.2) is 4.98 Å². The van der Waals surface area contributed by atoms with E-state index in [0.29, 0.717) is 16.9 Å². The van der Waals surface area contributed by atoms with Crippen LogP contribution in [0.2, 0.25) is 5.15 Å². The molecule has 3 aromatic rings. The summed E-state index contributed by atoms with van der Waals surface area (Å²) >= 11 is 7.78. The van der Waals surface area contributed by atoms with Crippen molar-refractivity contribution in [1.82, 2.24) is 20.2 Å². The van der Waals surface area contributed by atoms with Gasteiger partial charge >= 0.3 is 0 Å². The summed E-state index contributed by atoms with van der Waals surface area (Å²) in [4.78, 5) is 10.5. The number of pyridine rings is 2. The summed E-state index contributed by atoms with van der Waals surface area (Å²) in [6.07, 6.45) is 8.67. The topological polar surface area (TPSA) is 66.5 Å². The molecule has 0 atom stereocenters. The normalized spacial score (nSPS) is 13.9. The SMILES string of the molecule is CC.Clc1cc(Sc2cccnc2)cc(Nc2cc(C3CCCC3)[nH]n2)n1. The largest absolute Gasteiger partial charge is 0.323 e. The summed E-state index contributed by atoms with van der Waals surface area (Å²) in [5.41, 5.74) is 1.20. The maximum atomic E-state index is 6.18. The Hall–Kier alpha value is -2.05. The zero-order chi connectivity index (χ0) is 19.1. The molecule has 27 heavy (non-hydrogen) atoms. The van der Waals surface area contributed by atoms with Crippen LogP contribution in [-0.2, 0) is 0 Å². The van der Waals surface area contributed by atoms with E-state index in [1.165, 1.54) is 31.4 Å². The molecule has 0 spiro atoms. The van der Waals surface area contributed by atoms with E-state index in [1.807, 2.05) is 44.3 Å². The first kappa shape index (κ1) is 19.7. The van der Waals surface area contributed by atoms with Crippen LogP contribution in [0.1, 0.15) is 51.1 Å². The zero-order valence-corrected chi connectivity index (χ0v) is 17.1. The number of rotatable bonds is 5. The van der Waals surface area contributed by atoms with Crippen LogP contribution in [0.15, 0.2) is 52.5 Å². The van der Waals surface area contributed by atoms with Crippen molar-refractivity contribution in [3.8, 4) is 0 Å². The molecule has 5 nitrogen and oxygen atoms in total. The average molecular weight is 402 g/mol. The lowest BCUT2D eigenvalue weighted by molar-refractivity contribution is 0.693. The van der Waals surface area contributed by atoms with E-state index in [0.717, 1.165) is 15.6 Å². The molecule has 0 aromatic carbocycles. The minimum absolute atomic E-state index is 0.447. The maximum Gasteiger partial charge on any atom is 0.153 e. The quantitative estimate of drug-likeness (QED) is 0.482. The van der Waals surface area contributed by atoms with Gasteiger partial charge in [-0.2, -0.15) is 5.10 Å². The zero-order valence-electron chi connectivity index (χ0n) is 15.6. The summed E-state index contributed by atoms with van der Waals surface area (Å²) in [6, 6.07) is 9.82.